The lowest BCUT2D eigenvalue weighted by molar-refractivity contribution is 0.177. The minimum atomic E-state index is -3.83. The molecule has 2 atom stereocenters. The van der Waals surface area contributed by atoms with Crippen LogP contribution in [-0.2, 0) is 14.9 Å². The predicted octanol–water partition coefficient (Wildman–Crippen LogP) is 0.974. The van der Waals surface area contributed by atoms with Gasteiger partial charge in [-0.2, -0.15) is 13.1 Å². The summed E-state index contributed by atoms with van der Waals surface area (Å²) in [4.78, 5) is 10.8. The van der Waals surface area contributed by atoms with Crippen molar-refractivity contribution in [3.63, 3.8) is 0 Å². The molecule has 0 bridgehead atoms. The smallest absolute Gasteiger partial charge is 0.421 e. The quantitative estimate of drug-likeness (QED) is 0.754. The van der Waals surface area contributed by atoms with Crippen molar-refractivity contribution in [2.24, 2.45) is 5.92 Å². The highest BCUT2D eigenvalue weighted by Gasteiger charge is 2.22. The van der Waals surface area contributed by atoms with Crippen molar-refractivity contribution in [3.05, 3.63) is 0 Å². The molecule has 1 fully saturated rings. The van der Waals surface area contributed by atoms with Crippen LogP contribution in [0.1, 0.15) is 25.7 Å². The first kappa shape index (κ1) is 14.5. The Morgan fingerprint density at radius 3 is 2.76 bits per heavy atom. The maximum atomic E-state index is 11.4. The number of amides is 1. The highest BCUT2D eigenvalue weighted by molar-refractivity contribution is 7.88. The molecule has 17 heavy (non-hydrogen) atoms. The van der Waals surface area contributed by atoms with Crippen LogP contribution >= 0.6 is 11.6 Å². The number of halogens is 1. The molecule has 1 aliphatic rings. The normalized spacial score (nSPS) is 25.3. The van der Waals surface area contributed by atoms with E-state index in [0.29, 0.717) is 0 Å². The van der Waals surface area contributed by atoms with E-state index >= 15 is 0 Å². The van der Waals surface area contributed by atoms with Gasteiger partial charge in [-0.25, -0.2) is 9.52 Å². The summed E-state index contributed by atoms with van der Waals surface area (Å²) in [6.45, 7) is 0.287. The summed E-state index contributed by atoms with van der Waals surface area (Å²) in [7, 11) is -2.73. The average Bonchev–Trinajstić information content (AvgIpc) is 2.26. The maximum Gasteiger partial charge on any atom is 0.421 e. The van der Waals surface area contributed by atoms with Gasteiger partial charge in [-0.05, 0) is 25.2 Å². The molecule has 2 unspecified atom stereocenters. The molecule has 1 rings (SSSR count). The highest BCUT2D eigenvalue weighted by atomic mass is 35.5. The summed E-state index contributed by atoms with van der Waals surface area (Å²) >= 11 is 6.00. The number of hydrogen-bond donors (Lipinski definition) is 2. The number of alkyl halides is 1. The second-order valence-electron chi connectivity index (χ2n) is 4.08. The van der Waals surface area contributed by atoms with E-state index in [1.54, 1.807) is 4.72 Å². The van der Waals surface area contributed by atoms with Crippen LogP contribution in [0.15, 0.2) is 0 Å². The third-order valence-electron chi connectivity index (χ3n) is 2.68. The summed E-state index contributed by atoms with van der Waals surface area (Å²) < 4.78 is 31.0. The van der Waals surface area contributed by atoms with E-state index in [0.717, 1.165) is 32.8 Å². The number of carbonyl (C=O) groups is 1. The van der Waals surface area contributed by atoms with Gasteiger partial charge >= 0.3 is 16.3 Å². The van der Waals surface area contributed by atoms with Crippen LogP contribution in [0.3, 0.4) is 0 Å². The molecule has 0 spiro atoms. The van der Waals surface area contributed by atoms with Gasteiger partial charge in [0.15, 0.2) is 0 Å². The van der Waals surface area contributed by atoms with E-state index in [1.807, 2.05) is 0 Å². The second kappa shape index (κ2) is 6.42. The molecule has 0 radical (unpaired) electrons. The molecule has 0 heterocycles. The van der Waals surface area contributed by atoms with Gasteiger partial charge in [-0.15, -0.1) is 11.6 Å². The van der Waals surface area contributed by atoms with Gasteiger partial charge in [0.25, 0.3) is 0 Å². The molecular formula is C9H17ClN2O4S. The van der Waals surface area contributed by atoms with Crippen molar-refractivity contribution in [2.75, 3.05) is 13.7 Å². The number of rotatable bonds is 4. The van der Waals surface area contributed by atoms with E-state index in [2.05, 4.69) is 9.46 Å². The Morgan fingerprint density at radius 1 is 1.47 bits per heavy atom. The number of hydrogen-bond acceptors (Lipinski definition) is 4. The topological polar surface area (TPSA) is 84.5 Å². The van der Waals surface area contributed by atoms with Crippen LogP contribution < -0.4 is 9.44 Å². The highest BCUT2D eigenvalue weighted by Crippen LogP contribution is 2.27. The molecule has 0 aliphatic heterocycles. The molecule has 1 saturated carbocycles. The van der Waals surface area contributed by atoms with Gasteiger partial charge in [0, 0.05) is 11.9 Å². The SMILES string of the molecule is COC(=O)NS(=O)(=O)NCC1CCCC(Cl)C1. The maximum absolute atomic E-state index is 11.4. The van der Waals surface area contributed by atoms with E-state index in [4.69, 9.17) is 11.6 Å². The van der Waals surface area contributed by atoms with E-state index in [1.165, 1.54) is 0 Å². The van der Waals surface area contributed by atoms with Crippen molar-refractivity contribution in [2.45, 2.75) is 31.1 Å². The monoisotopic (exact) mass is 284 g/mol. The van der Waals surface area contributed by atoms with E-state index < -0.39 is 16.3 Å². The Balaban J connectivity index is 2.36. The fourth-order valence-electron chi connectivity index (χ4n) is 1.83. The number of nitrogens with one attached hydrogen (secondary N) is 2. The van der Waals surface area contributed by atoms with Gasteiger partial charge in [0.1, 0.15) is 0 Å². The number of carbonyl (C=O) groups excluding carboxylic acids is 1. The molecule has 0 aromatic heterocycles. The first-order valence-electron chi connectivity index (χ1n) is 5.42. The summed E-state index contributed by atoms with van der Waals surface area (Å²) in [6, 6.07) is 0. The zero-order valence-corrected chi connectivity index (χ0v) is 11.2. The summed E-state index contributed by atoms with van der Waals surface area (Å²) in [5, 5.41) is 0.117. The van der Waals surface area contributed by atoms with E-state index in [9.17, 15) is 13.2 Å². The molecule has 1 aliphatic carbocycles. The second-order valence-corrected chi connectivity index (χ2v) is 6.19. The number of ether oxygens (including phenoxy) is 1. The standard InChI is InChI=1S/C9H17ClN2O4S/c1-16-9(13)12-17(14,15)11-6-7-3-2-4-8(10)5-7/h7-8,11H,2-6H2,1H3,(H,12,13). The lowest BCUT2D eigenvalue weighted by Crippen LogP contribution is -2.42. The lowest BCUT2D eigenvalue weighted by atomic mass is 9.89. The van der Waals surface area contributed by atoms with Crippen molar-refractivity contribution in [3.8, 4) is 0 Å². The average molecular weight is 285 g/mol. The molecule has 0 saturated heterocycles. The Hall–Kier alpha value is -0.530. The Kier molecular flexibility index (Phi) is 5.48. The van der Waals surface area contributed by atoms with Crippen LogP contribution in [0.5, 0.6) is 0 Å². The largest absolute Gasteiger partial charge is 0.452 e. The van der Waals surface area contributed by atoms with Gasteiger partial charge in [0.05, 0.1) is 7.11 Å². The predicted molar refractivity (Wildman–Crippen MR) is 64.1 cm³/mol. The first-order chi connectivity index (χ1) is 7.93. The van der Waals surface area contributed by atoms with Gasteiger partial charge in [-0.3, -0.25) is 0 Å². The third kappa shape index (κ3) is 5.56. The van der Waals surface area contributed by atoms with Gasteiger partial charge in [0.2, 0.25) is 0 Å². The van der Waals surface area contributed by atoms with Gasteiger partial charge in [-0.1, -0.05) is 6.42 Å². The van der Waals surface area contributed by atoms with Crippen LogP contribution in [0.2, 0.25) is 0 Å². The van der Waals surface area contributed by atoms with Crippen LogP contribution in [-0.4, -0.2) is 33.5 Å². The molecule has 0 aromatic rings. The molecule has 8 heteroatoms. The molecule has 2 N–H and O–H groups in total. The summed E-state index contributed by atoms with van der Waals surface area (Å²) in [5.41, 5.74) is 0. The molecule has 1 amide bonds. The first-order valence-corrected chi connectivity index (χ1v) is 7.34. The van der Waals surface area contributed by atoms with Crippen molar-refractivity contribution in [1.82, 2.24) is 9.44 Å². The molecule has 0 aromatic carbocycles. The fourth-order valence-corrected chi connectivity index (χ4v) is 3.06. The van der Waals surface area contributed by atoms with Crippen molar-refractivity contribution in [1.29, 1.82) is 0 Å². The summed E-state index contributed by atoms with van der Waals surface area (Å²) in [6.07, 6.45) is 2.72. The van der Waals surface area contributed by atoms with E-state index in [-0.39, 0.29) is 17.8 Å². The molecular weight excluding hydrogens is 268 g/mol. The van der Waals surface area contributed by atoms with Crippen LogP contribution in [0.4, 0.5) is 4.79 Å². The summed E-state index contributed by atoms with van der Waals surface area (Å²) in [5.74, 6) is 0.223. The molecule has 100 valence electrons. The van der Waals surface area contributed by atoms with Gasteiger partial charge < -0.3 is 4.74 Å². The Morgan fingerprint density at radius 2 is 2.18 bits per heavy atom. The lowest BCUT2D eigenvalue weighted by Gasteiger charge is -2.25. The Labute approximate surface area is 106 Å². The minimum absolute atomic E-state index is 0.117. The zero-order chi connectivity index (χ0) is 12.9. The van der Waals surface area contributed by atoms with Crippen LogP contribution in [0, 0.1) is 5.92 Å². The van der Waals surface area contributed by atoms with Crippen LogP contribution in [0.25, 0.3) is 0 Å². The molecule has 6 nitrogen and oxygen atoms in total. The number of methoxy groups -OCH3 is 1. The Bertz CT molecular complexity index is 360. The minimum Gasteiger partial charge on any atom is -0.452 e. The van der Waals surface area contributed by atoms with Crippen molar-refractivity contribution >= 4 is 27.9 Å². The third-order valence-corrected chi connectivity index (χ3v) is 4.06. The van der Waals surface area contributed by atoms with Crippen molar-refractivity contribution < 1.29 is 17.9 Å². The fraction of sp³-hybridized carbons (Fsp3) is 0.889. The zero-order valence-electron chi connectivity index (χ0n) is 9.61.